The van der Waals surface area contributed by atoms with Crippen LogP contribution in [0.15, 0.2) is 194 Å². The van der Waals surface area contributed by atoms with Gasteiger partial charge in [-0.15, -0.1) is 11.3 Å². The van der Waals surface area contributed by atoms with Gasteiger partial charge in [-0.2, -0.15) is 0 Å². The first-order valence-corrected chi connectivity index (χ1v) is 20.5. The Hall–Kier alpha value is -7.74. The van der Waals surface area contributed by atoms with E-state index in [0.29, 0.717) is 17.5 Å². The maximum atomic E-state index is 5.23. The second-order valence-corrected chi connectivity index (χ2v) is 15.8. The first-order valence-electron chi connectivity index (χ1n) is 19.6. The minimum Gasteiger partial charge on any atom is -0.309 e. The Morgan fingerprint density at radius 2 is 0.932 bits per heavy atom. The number of para-hydroxylation sites is 5. The summed E-state index contributed by atoms with van der Waals surface area (Å²) in [7, 11) is 0. The molecule has 0 amide bonds. The number of thiophene rings is 1. The summed E-state index contributed by atoms with van der Waals surface area (Å²) in [6.45, 7) is 0. The van der Waals surface area contributed by atoms with Gasteiger partial charge in [0.15, 0.2) is 17.5 Å². The van der Waals surface area contributed by atoms with Crippen molar-refractivity contribution in [3.05, 3.63) is 194 Å². The molecule has 0 atom stereocenters. The minimum absolute atomic E-state index is 0.626. The first kappa shape index (κ1) is 33.4. The number of hydrogen-bond acceptors (Lipinski definition) is 5. The highest BCUT2D eigenvalue weighted by atomic mass is 32.1. The maximum Gasteiger partial charge on any atom is 0.164 e. The third-order valence-electron chi connectivity index (χ3n) is 11.2. The Morgan fingerprint density at radius 3 is 1.66 bits per heavy atom. The Balaban J connectivity index is 0.998. The van der Waals surface area contributed by atoms with Gasteiger partial charge in [0.1, 0.15) is 5.82 Å². The fourth-order valence-electron chi connectivity index (χ4n) is 8.51. The SMILES string of the molecule is c1ccc(-c2nc(-c3ccc(-n4c5ccccc5c5ccccc54)cc3)nc(-c3cccc4sc5cc(-c6nc7ccccc7n6-c6ccccc6)ccc5c34)n2)cc1. The number of aromatic nitrogens is 6. The zero-order chi connectivity index (χ0) is 38.9. The molecule has 276 valence electrons. The zero-order valence-corrected chi connectivity index (χ0v) is 32.4. The van der Waals surface area contributed by atoms with Gasteiger partial charge in [0, 0.05) is 64.6 Å². The lowest BCUT2D eigenvalue weighted by molar-refractivity contribution is 1.07. The van der Waals surface area contributed by atoms with Gasteiger partial charge in [-0.3, -0.25) is 4.57 Å². The Bertz CT molecular complexity index is 3490. The fraction of sp³-hybridized carbons (Fsp3) is 0. The van der Waals surface area contributed by atoms with Crippen LogP contribution >= 0.6 is 11.3 Å². The van der Waals surface area contributed by atoms with Crippen LogP contribution < -0.4 is 0 Å². The van der Waals surface area contributed by atoms with E-state index in [4.69, 9.17) is 19.9 Å². The second kappa shape index (κ2) is 13.4. The summed E-state index contributed by atoms with van der Waals surface area (Å²) in [6.07, 6.45) is 0. The standard InChI is InChI=1S/C52H32N6S/c1-3-14-33(15-4-1)49-54-50(34-26-29-37(30-27-34)57-43-22-10-7-18-38(43)39-19-8-11-23-44(39)57)56-51(55-49)41-20-13-25-46-48(41)40-31-28-35(32-47(40)59-46)52-53-42-21-9-12-24-45(42)58(52)36-16-5-2-6-17-36/h1-32H. The van der Waals surface area contributed by atoms with E-state index in [1.807, 2.05) is 30.3 Å². The van der Waals surface area contributed by atoms with Crippen molar-refractivity contribution in [3.63, 3.8) is 0 Å². The van der Waals surface area contributed by atoms with Crippen molar-refractivity contribution in [1.29, 1.82) is 0 Å². The van der Waals surface area contributed by atoms with Crippen LogP contribution in [-0.2, 0) is 0 Å². The van der Waals surface area contributed by atoms with Crippen molar-refractivity contribution in [1.82, 2.24) is 29.1 Å². The quantitative estimate of drug-likeness (QED) is 0.169. The van der Waals surface area contributed by atoms with E-state index in [-0.39, 0.29) is 0 Å². The predicted molar refractivity (Wildman–Crippen MR) is 243 cm³/mol. The van der Waals surface area contributed by atoms with E-state index < -0.39 is 0 Å². The molecule has 12 aromatic rings. The maximum absolute atomic E-state index is 5.23. The Labute approximate surface area is 343 Å². The van der Waals surface area contributed by atoms with Crippen LogP contribution in [0.2, 0.25) is 0 Å². The van der Waals surface area contributed by atoms with E-state index >= 15 is 0 Å². The monoisotopic (exact) mass is 772 g/mol. The zero-order valence-electron chi connectivity index (χ0n) is 31.6. The van der Waals surface area contributed by atoms with Gasteiger partial charge in [-0.1, -0.05) is 121 Å². The van der Waals surface area contributed by atoms with Gasteiger partial charge in [0.2, 0.25) is 0 Å². The normalized spacial score (nSPS) is 11.7. The van der Waals surface area contributed by atoms with Gasteiger partial charge in [0.05, 0.1) is 22.1 Å². The molecule has 7 heteroatoms. The largest absolute Gasteiger partial charge is 0.309 e. The van der Waals surface area contributed by atoms with Crippen LogP contribution in [0.1, 0.15) is 0 Å². The summed E-state index contributed by atoms with van der Waals surface area (Å²) in [5, 5.41) is 4.76. The van der Waals surface area contributed by atoms with Crippen LogP contribution in [0.25, 0.3) is 110 Å². The smallest absolute Gasteiger partial charge is 0.164 e. The van der Waals surface area contributed by atoms with Gasteiger partial charge in [-0.25, -0.2) is 19.9 Å². The molecule has 12 rings (SSSR count). The number of fused-ring (bicyclic) bond motifs is 7. The highest BCUT2D eigenvalue weighted by molar-refractivity contribution is 7.26. The molecule has 4 aromatic heterocycles. The number of benzene rings is 8. The van der Waals surface area contributed by atoms with E-state index in [1.165, 1.54) is 31.2 Å². The molecular weight excluding hydrogens is 741 g/mol. The van der Waals surface area contributed by atoms with E-state index in [2.05, 4.69) is 173 Å². The topological polar surface area (TPSA) is 61.4 Å². The number of hydrogen-bond donors (Lipinski definition) is 0. The summed E-state index contributed by atoms with van der Waals surface area (Å²) in [5.74, 6) is 2.81. The molecule has 0 aliphatic carbocycles. The van der Waals surface area contributed by atoms with Crippen molar-refractivity contribution in [2.75, 3.05) is 0 Å². The molecule has 59 heavy (non-hydrogen) atoms. The molecule has 0 aliphatic rings. The van der Waals surface area contributed by atoms with Gasteiger partial charge in [-0.05, 0) is 72.8 Å². The number of rotatable bonds is 6. The van der Waals surface area contributed by atoms with E-state index in [9.17, 15) is 0 Å². The molecule has 0 saturated heterocycles. The summed E-state index contributed by atoms with van der Waals surface area (Å²) < 4.78 is 6.93. The summed E-state index contributed by atoms with van der Waals surface area (Å²) >= 11 is 1.78. The average molecular weight is 773 g/mol. The van der Waals surface area contributed by atoms with Crippen molar-refractivity contribution < 1.29 is 0 Å². The van der Waals surface area contributed by atoms with Gasteiger partial charge < -0.3 is 4.57 Å². The molecular formula is C52H32N6S. The molecule has 6 nitrogen and oxygen atoms in total. The number of imidazole rings is 1. The van der Waals surface area contributed by atoms with Gasteiger partial charge in [0.25, 0.3) is 0 Å². The van der Waals surface area contributed by atoms with Crippen molar-refractivity contribution >= 4 is 64.3 Å². The van der Waals surface area contributed by atoms with E-state index in [0.717, 1.165) is 61.3 Å². The fourth-order valence-corrected chi connectivity index (χ4v) is 9.68. The van der Waals surface area contributed by atoms with Crippen LogP contribution in [0.3, 0.4) is 0 Å². The average Bonchev–Trinajstić information content (AvgIpc) is 3.99. The Morgan fingerprint density at radius 1 is 0.356 bits per heavy atom. The molecule has 0 saturated carbocycles. The van der Waals surface area contributed by atoms with Crippen LogP contribution in [0.4, 0.5) is 0 Å². The van der Waals surface area contributed by atoms with Gasteiger partial charge >= 0.3 is 0 Å². The predicted octanol–water partition coefficient (Wildman–Crippen LogP) is 13.3. The highest BCUT2D eigenvalue weighted by Gasteiger charge is 2.20. The lowest BCUT2D eigenvalue weighted by atomic mass is 10.0. The molecule has 0 fully saturated rings. The molecule has 0 radical (unpaired) electrons. The molecule has 0 unspecified atom stereocenters. The third kappa shape index (κ3) is 5.47. The summed E-state index contributed by atoms with van der Waals surface area (Å²) in [5.41, 5.74) is 10.4. The molecule has 8 aromatic carbocycles. The van der Waals surface area contributed by atoms with Crippen molar-refractivity contribution in [3.8, 4) is 56.9 Å². The van der Waals surface area contributed by atoms with E-state index in [1.54, 1.807) is 11.3 Å². The molecule has 0 aliphatic heterocycles. The molecule has 0 bridgehead atoms. The van der Waals surface area contributed by atoms with Crippen molar-refractivity contribution in [2.24, 2.45) is 0 Å². The lowest BCUT2D eigenvalue weighted by Gasteiger charge is -2.11. The third-order valence-corrected chi connectivity index (χ3v) is 12.3. The summed E-state index contributed by atoms with van der Waals surface area (Å²) in [4.78, 5) is 20.6. The van der Waals surface area contributed by atoms with Crippen molar-refractivity contribution in [2.45, 2.75) is 0 Å². The molecule has 0 N–H and O–H groups in total. The number of nitrogens with zero attached hydrogens (tertiary/aromatic N) is 6. The summed E-state index contributed by atoms with van der Waals surface area (Å²) in [6, 6.07) is 67.8. The second-order valence-electron chi connectivity index (χ2n) is 14.7. The van der Waals surface area contributed by atoms with Crippen LogP contribution in [0.5, 0.6) is 0 Å². The highest BCUT2D eigenvalue weighted by Crippen LogP contribution is 2.42. The molecule has 4 heterocycles. The lowest BCUT2D eigenvalue weighted by Crippen LogP contribution is -2.01. The first-order chi connectivity index (χ1) is 29.2. The Kier molecular flexibility index (Phi) is 7.61. The molecule has 0 spiro atoms. The van der Waals surface area contributed by atoms with Crippen LogP contribution in [0, 0.1) is 0 Å². The minimum atomic E-state index is 0.626. The van der Waals surface area contributed by atoms with Crippen LogP contribution in [-0.4, -0.2) is 29.1 Å².